The lowest BCUT2D eigenvalue weighted by molar-refractivity contribution is -0.127. The quantitative estimate of drug-likeness (QED) is 0.300. The van der Waals surface area contributed by atoms with Crippen molar-refractivity contribution in [2.75, 3.05) is 6.16 Å². The third-order valence-electron chi connectivity index (χ3n) is 5.60. The van der Waals surface area contributed by atoms with E-state index in [1.54, 1.807) is 37.3 Å². The molecule has 0 aromatic heterocycles. The first kappa shape index (κ1) is 30.1. The first-order valence-electron chi connectivity index (χ1n) is 12.7. The Bertz CT molecular complexity index is 1060. The Kier molecular flexibility index (Phi) is 11.9. The zero-order chi connectivity index (χ0) is 27.4. The first-order chi connectivity index (χ1) is 17.5. The van der Waals surface area contributed by atoms with Crippen molar-refractivity contribution >= 4 is 24.9 Å². The van der Waals surface area contributed by atoms with Gasteiger partial charge in [0.1, 0.15) is 18.4 Å². The van der Waals surface area contributed by atoms with Crippen LogP contribution < -0.4 is 15.2 Å². The molecule has 0 heterocycles. The largest absolute Gasteiger partial charge is 0.445 e. The molecule has 0 saturated carbocycles. The van der Waals surface area contributed by atoms with Crippen molar-refractivity contribution < 1.29 is 28.2 Å². The summed E-state index contributed by atoms with van der Waals surface area (Å²) < 4.78 is 24.6. The van der Waals surface area contributed by atoms with Gasteiger partial charge in [0.25, 0.3) is 0 Å². The average Bonchev–Trinajstić information content (AvgIpc) is 2.86. The molecule has 0 fully saturated rings. The topological polar surface area (TPSA) is 111 Å². The van der Waals surface area contributed by atoms with E-state index in [4.69, 9.17) is 9.26 Å². The number of benzene rings is 2. The van der Waals surface area contributed by atoms with Gasteiger partial charge in [0.15, 0.2) is 0 Å². The Morgan fingerprint density at radius 3 is 1.89 bits per heavy atom. The van der Waals surface area contributed by atoms with Gasteiger partial charge in [-0.2, -0.15) is 0 Å². The molecule has 0 spiro atoms. The molecule has 3 atom stereocenters. The Morgan fingerprint density at radius 2 is 1.35 bits per heavy atom. The molecule has 0 aliphatic heterocycles. The molecule has 9 heteroatoms. The fourth-order valence-corrected chi connectivity index (χ4v) is 5.37. The van der Waals surface area contributed by atoms with E-state index >= 15 is 0 Å². The Labute approximate surface area is 220 Å². The summed E-state index contributed by atoms with van der Waals surface area (Å²) in [6.45, 7) is 9.35. The van der Waals surface area contributed by atoms with E-state index in [1.807, 2.05) is 58.0 Å². The van der Waals surface area contributed by atoms with E-state index in [0.717, 1.165) is 5.56 Å². The minimum Gasteiger partial charge on any atom is -0.445 e. The van der Waals surface area contributed by atoms with Gasteiger partial charge in [-0.3, -0.25) is 14.2 Å². The lowest BCUT2D eigenvalue weighted by Crippen LogP contribution is -2.52. The van der Waals surface area contributed by atoms with Crippen molar-refractivity contribution in [1.29, 1.82) is 0 Å². The van der Waals surface area contributed by atoms with Crippen LogP contribution in [0.3, 0.4) is 0 Å². The summed E-state index contributed by atoms with van der Waals surface area (Å²) in [4.78, 5) is 39.3. The molecular formula is C28H39N2O6P. The summed E-state index contributed by atoms with van der Waals surface area (Å²) in [5, 5.41) is 5.37. The fourth-order valence-electron chi connectivity index (χ4n) is 3.73. The number of amides is 2. The number of ether oxygens (including phenoxy) is 1. The molecule has 0 bridgehead atoms. The van der Waals surface area contributed by atoms with E-state index in [-0.39, 0.29) is 31.0 Å². The molecule has 8 nitrogen and oxygen atoms in total. The second-order valence-electron chi connectivity index (χ2n) is 9.81. The predicted molar refractivity (Wildman–Crippen MR) is 145 cm³/mol. The van der Waals surface area contributed by atoms with Gasteiger partial charge < -0.3 is 19.9 Å². The smallest absolute Gasteiger partial charge is 0.408 e. The molecule has 37 heavy (non-hydrogen) atoms. The van der Waals surface area contributed by atoms with Crippen LogP contribution in [0.15, 0.2) is 60.7 Å². The number of nitrogens with one attached hydrogen (secondary N) is 2. The normalized spacial score (nSPS) is 14.4. The van der Waals surface area contributed by atoms with Crippen molar-refractivity contribution in [2.45, 2.75) is 66.2 Å². The SMILES string of the molecule is CCP(=O)(Oc1ccccc1)C(=O)[C@H](CC(C)C)NC(=O)[C@H](CC(C)C)NC(=O)OCc1ccccc1. The highest BCUT2D eigenvalue weighted by Crippen LogP contribution is 2.49. The summed E-state index contributed by atoms with van der Waals surface area (Å²) in [5.74, 6) is -0.0981. The molecular weight excluding hydrogens is 491 g/mol. The van der Waals surface area contributed by atoms with Gasteiger partial charge in [0, 0.05) is 6.16 Å². The average molecular weight is 531 g/mol. The Hall–Kier alpha value is -3.12. The lowest BCUT2D eigenvalue weighted by atomic mass is 10.0. The van der Waals surface area contributed by atoms with Crippen LogP contribution in [0.25, 0.3) is 0 Å². The standard InChI is InChI=1S/C28H39N2O6P/c1-6-37(34,36-23-15-11-8-12-16-23)27(32)25(18-21(4)5)29-26(31)24(17-20(2)3)30-28(33)35-19-22-13-9-7-10-14-22/h7-16,20-21,24-25H,6,17-19H2,1-5H3,(H,29,31)(H,30,33)/t24-,25-,37?/m0/s1. The van der Waals surface area contributed by atoms with Crippen LogP contribution >= 0.6 is 7.37 Å². The number of para-hydroxylation sites is 1. The van der Waals surface area contributed by atoms with Crippen LogP contribution in [0.5, 0.6) is 5.75 Å². The zero-order valence-electron chi connectivity index (χ0n) is 22.3. The molecule has 2 aromatic rings. The zero-order valence-corrected chi connectivity index (χ0v) is 23.2. The van der Waals surface area contributed by atoms with Gasteiger partial charge in [-0.15, -0.1) is 0 Å². The highest BCUT2D eigenvalue weighted by molar-refractivity contribution is 7.76. The van der Waals surface area contributed by atoms with Gasteiger partial charge in [0.05, 0.1) is 6.04 Å². The van der Waals surface area contributed by atoms with Crippen LogP contribution in [0, 0.1) is 11.8 Å². The molecule has 0 radical (unpaired) electrons. The second-order valence-corrected chi connectivity index (χ2v) is 12.4. The third-order valence-corrected chi connectivity index (χ3v) is 7.92. The first-order valence-corrected chi connectivity index (χ1v) is 14.5. The minimum atomic E-state index is -3.78. The summed E-state index contributed by atoms with van der Waals surface area (Å²) in [5.41, 5.74) is 0.176. The summed E-state index contributed by atoms with van der Waals surface area (Å²) in [6, 6.07) is 15.8. The Balaban J connectivity index is 2.15. The van der Waals surface area contributed by atoms with E-state index in [9.17, 15) is 18.9 Å². The number of carbonyl (C=O) groups excluding carboxylic acids is 3. The highest BCUT2D eigenvalue weighted by atomic mass is 31.2. The van der Waals surface area contributed by atoms with E-state index in [0.29, 0.717) is 12.2 Å². The third kappa shape index (κ3) is 10.0. The van der Waals surface area contributed by atoms with Crippen molar-refractivity contribution in [3.8, 4) is 5.75 Å². The maximum atomic E-state index is 13.6. The van der Waals surface area contributed by atoms with E-state index in [1.165, 1.54) is 0 Å². The van der Waals surface area contributed by atoms with E-state index in [2.05, 4.69) is 10.6 Å². The van der Waals surface area contributed by atoms with Gasteiger partial charge in [-0.1, -0.05) is 83.1 Å². The van der Waals surface area contributed by atoms with Crippen molar-refractivity contribution in [3.63, 3.8) is 0 Å². The van der Waals surface area contributed by atoms with Crippen LogP contribution in [0.4, 0.5) is 4.79 Å². The summed E-state index contributed by atoms with van der Waals surface area (Å²) in [7, 11) is -3.78. The number of carbonyl (C=O) groups is 3. The van der Waals surface area contributed by atoms with Gasteiger partial charge >= 0.3 is 13.5 Å². The predicted octanol–water partition coefficient (Wildman–Crippen LogP) is 5.76. The number of hydrogen-bond acceptors (Lipinski definition) is 6. The van der Waals surface area contributed by atoms with Gasteiger partial charge in [0.2, 0.25) is 11.4 Å². The molecule has 0 aliphatic rings. The summed E-state index contributed by atoms with van der Waals surface area (Å²) in [6.07, 6.45) is -0.131. The monoisotopic (exact) mass is 530 g/mol. The molecule has 2 amide bonds. The molecule has 0 aliphatic carbocycles. The van der Waals surface area contributed by atoms with Gasteiger partial charge in [-0.25, -0.2) is 4.79 Å². The fraction of sp³-hybridized carbons (Fsp3) is 0.464. The maximum absolute atomic E-state index is 13.6. The molecule has 2 aromatic carbocycles. The van der Waals surface area contributed by atoms with Crippen molar-refractivity contribution in [2.24, 2.45) is 11.8 Å². The van der Waals surface area contributed by atoms with Crippen LogP contribution in [-0.4, -0.2) is 35.8 Å². The number of hydrogen-bond donors (Lipinski definition) is 2. The molecule has 1 unspecified atom stereocenters. The van der Waals surface area contributed by atoms with E-state index < -0.39 is 37.0 Å². The molecule has 0 saturated heterocycles. The minimum absolute atomic E-state index is 0.00925. The van der Waals surface area contributed by atoms with Crippen molar-refractivity contribution in [3.05, 3.63) is 66.2 Å². The number of alkyl carbamates (subject to hydrolysis) is 1. The number of rotatable bonds is 14. The van der Waals surface area contributed by atoms with Crippen LogP contribution in [0.2, 0.25) is 0 Å². The molecule has 202 valence electrons. The highest BCUT2D eigenvalue weighted by Gasteiger charge is 2.40. The van der Waals surface area contributed by atoms with Gasteiger partial charge in [-0.05, 0) is 42.4 Å². The summed E-state index contributed by atoms with van der Waals surface area (Å²) >= 11 is 0. The molecule has 2 rings (SSSR count). The molecule has 2 N–H and O–H groups in total. The van der Waals surface area contributed by atoms with Crippen molar-refractivity contribution in [1.82, 2.24) is 10.6 Å². The van der Waals surface area contributed by atoms with Crippen LogP contribution in [-0.2, 0) is 25.5 Å². The second kappa shape index (κ2) is 14.6. The Morgan fingerprint density at radius 1 is 0.811 bits per heavy atom. The maximum Gasteiger partial charge on any atom is 0.408 e. The van der Waals surface area contributed by atoms with Crippen LogP contribution in [0.1, 0.15) is 53.0 Å². The lowest BCUT2D eigenvalue weighted by Gasteiger charge is -2.27.